The standard InChI is InChI=1S/C12H23NOS/c1-3-5-6-7-8-9-11-13(10-4-2)12(14)15/h4H,2-3,5-11H2,1H3,(H,14,15). The van der Waals surface area contributed by atoms with E-state index in [-0.39, 0.29) is 5.17 Å². The average Bonchev–Trinajstić information content (AvgIpc) is 2.21. The fraction of sp³-hybridized carbons (Fsp3) is 0.750. The molecule has 0 aromatic rings. The highest BCUT2D eigenvalue weighted by atomic mass is 32.1. The van der Waals surface area contributed by atoms with Gasteiger partial charge in [0.25, 0.3) is 5.17 Å². The van der Waals surface area contributed by atoms with Crippen molar-refractivity contribution in [3.8, 4) is 0 Å². The van der Waals surface area contributed by atoms with Gasteiger partial charge in [-0.3, -0.25) is 0 Å². The van der Waals surface area contributed by atoms with E-state index in [4.69, 9.17) is 12.2 Å². The van der Waals surface area contributed by atoms with Crippen LogP contribution < -0.4 is 0 Å². The molecule has 0 saturated heterocycles. The SMILES string of the molecule is C=CCN(CCCCCCCC)C(O)=S. The van der Waals surface area contributed by atoms with Crippen LogP contribution in [-0.2, 0) is 0 Å². The maximum Gasteiger partial charge on any atom is 0.257 e. The third-order valence-electron chi connectivity index (χ3n) is 2.40. The molecule has 3 heteroatoms. The first-order valence-electron chi connectivity index (χ1n) is 5.81. The molecule has 0 bridgehead atoms. The van der Waals surface area contributed by atoms with Crippen molar-refractivity contribution in [2.45, 2.75) is 45.4 Å². The minimum absolute atomic E-state index is 0.0107. The summed E-state index contributed by atoms with van der Waals surface area (Å²) in [5.74, 6) is 0. The van der Waals surface area contributed by atoms with Crippen molar-refractivity contribution in [2.75, 3.05) is 13.1 Å². The molecule has 0 spiro atoms. The summed E-state index contributed by atoms with van der Waals surface area (Å²) in [6, 6.07) is 0. The number of nitrogens with zero attached hydrogens (tertiary/aromatic N) is 1. The quantitative estimate of drug-likeness (QED) is 0.371. The normalized spacial score (nSPS) is 9.93. The molecule has 0 radical (unpaired) electrons. The Morgan fingerprint density at radius 2 is 1.87 bits per heavy atom. The van der Waals surface area contributed by atoms with Gasteiger partial charge in [0.05, 0.1) is 0 Å². The van der Waals surface area contributed by atoms with Gasteiger partial charge >= 0.3 is 0 Å². The molecule has 0 amide bonds. The van der Waals surface area contributed by atoms with Crippen LogP contribution in [0, 0.1) is 0 Å². The molecule has 0 saturated carbocycles. The molecule has 0 unspecified atom stereocenters. The van der Waals surface area contributed by atoms with Crippen LogP contribution in [0.1, 0.15) is 45.4 Å². The lowest BCUT2D eigenvalue weighted by Gasteiger charge is -2.19. The van der Waals surface area contributed by atoms with E-state index in [1.54, 1.807) is 11.0 Å². The Morgan fingerprint density at radius 1 is 1.27 bits per heavy atom. The van der Waals surface area contributed by atoms with E-state index in [9.17, 15) is 5.11 Å². The zero-order valence-corrected chi connectivity index (χ0v) is 10.6. The van der Waals surface area contributed by atoms with Gasteiger partial charge in [-0.1, -0.05) is 45.1 Å². The van der Waals surface area contributed by atoms with Crippen molar-refractivity contribution < 1.29 is 5.11 Å². The van der Waals surface area contributed by atoms with Crippen LogP contribution in [0.25, 0.3) is 0 Å². The number of unbranched alkanes of at least 4 members (excludes halogenated alkanes) is 5. The highest BCUT2D eigenvalue weighted by Crippen LogP contribution is 2.06. The molecule has 0 aliphatic heterocycles. The summed E-state index contributed by atoms with van der Waals surface area (Å²) >= 11 is 4.74. The Morgan fingerprint density at radius 3 is 2.40 bits per heavy atom. The minimum atomic E-state index is -0.0107. The van der Waals surface area contributed by atoms with Crippen LogP contribution in [0.15, 0.2) is 12.7 Å². The molecule has 0 rings (SSSR count). The van der Waals surface area contributed by atoms with E-state index in [0.29, 0.717) is 6.54 Å². The molecular weight excluding hydrogens is 206 g/mol. The van der Waals surface area contributed by atoms with E-state index in [0.717, 1.165) is 13.0 Å². The van der Waals surface area contributed by atoms with Gasteiger partial charge in [-0.15, -0.1) is 6.58 Å². The second kappa shape index (κ2) is 9.97. The third kappa shape index (κ3) is 8.43. The predicted octanol–water partition coefficient (Wildman–Crippen LogP) is 3.68. The van der Waals surface area contributed by atoms with Crippen molar-refractivity contribution in [3.05, 3.63) is 12.7 Å². The van der Waals surface area contributed by atoms with Crippen molar-refractivity contribution in [1.29, 1.82) is 0 Å². The van der Waals surface area contributed by atoms with Crippen molar-refractivity contribution in [2.24, 2.45) is 0 Å². The van der Waals surface area contributed by atoms with Crippen molar-refractivity contribution >= 4 is 17.4 Å². The Labute approximate surface area is 99.0 Å². The van der Waals surface area contributed by atoms with Gasteiger partial charge in [0, 0.05) is 13.1 Å². The zero-order valence-electron chi connectivity index (χ0n) is 9.74. The Kier molecular flexibility index (Phi) is 9.59. The fourth-order valence-electron chi connectivity index (χ4n) is 1.50. The maximum absolute atomic E-state index is 9.19. The lowest BCUT2D eigenvalue weighted by molar-refractivity contribution is 0.359. The van der Waals surface area contributed by atoms with Gasteiger partial charge in [-0.05, 0) is 18.6 Å². The summed E-state index contributed by atoms with van der Waals surface area (Å²) in [6.45, 7) is 7.34. The van der Waals surface area contributed by atoms with E-state index in [1.807, 2.05) is 0 Å². The number of aliphatic hydroxyl groups excluding tert-OH is 1. The molecule has 1 N–H and O–H groups in total. The first-order valence-corrected chi connectivity index (χ1v) is 6.22. The van der Waals surface area contributed by atoms with Crippen LogP contribution in [0.3, 0.4) is 0 Å². The van der Waals surface area contributed by atoms with Crippen LogP contribution in [-0.4, -0.2) is 28.3 Å². The monoisotopic (exact) mass is 229 g/mol. The fourth-order valence-corrected chi connectivity index (χ4v) is 1.67. The molecule has 0 aromatic carbocycles. The first kappa shape index (κ1) is 14.4. The summed E-state index contributed by atoms with van der Waals surface area (Å²) in [7, 11) is 0. The van der Waals surface area contributed by atoms with Gasteiger partial charge in [-0.25, -0.2) is 0 Å². The zero-order chi connectivity index (χ0) is 11.5. The Bertz CT molecular complexity index is 182. The molecule has 0 fully saturated rings. The molecule has 0 aliphatic carbocycles. The summed E-state index contributed by atoms with van der Waals surface area (Å²) in [5.41, 5.74) is 0. The van der Waals surface area contributed by atoms with Crippen molar-refractivity contribution in [1.82, 2.24) is 4.90 Å². The van der Waals surface area contributed by atoms with Gasteiger partial charge in [0.2, 0.25) is 0 Å². The van der Waals surface area contributed by atoms with E-state index in [1.165, 1.54) is 32.1 Å². The Balaban J connectivity index is 3.45. The summed E-state index contributed by atoms with van der Waals surface area (Å²) < 4.78 is 0. The van der Waals surface area contributed by atoms with E-state index >= 15 is 0 Å². The molecule has 0 heterocycles. The molecule has 0 aliphatic rings. The summed E-state index contributed by atoms with van der Waals surface area (Å²) in [6.07, 6.45) is 9.29. The molecule has 88 valence electrons. The third-order valence-corrected chi connectivity index (χ3v) is 2.66. The predicted molar refractivity (Wildman–Crippen MR) is 70.4 cm³/mol. The highest BCUT2D eigenvalue weighted by Gasteiger charge is 2.04. The number of hydrogen-bond donors (Lipinski definition) is 1. The first-order chi connectivity index (χ1) is 7.22. The number of rotatable bonds is 9. The molecule has 2 nitrogen and oxygen atoms in total. The highest BCUT2D eigenvalue weighted by molar-refractivity contribution is 7.79. The van der Waals surface area contributed by atoms with Crippen LogP contribution in [0.2, 0.25) is 0 Å². The summed E-state index contributed by atoms with van der Waals surface area (Å²) in [5, 5.41) is 9.18. The van der Waals surface area contributed by atoms with Gasteiger partial charge in [-0.2, -0.15) is 0 Å². The lowest BCUT2D eigenvalue weighted by atomic mass is 10.1. The van der Waals surface area contributed by atoms with Crippen LogP contribution >= 0.6 is 12.2 Å². The van der Waals surface area contributed by atoms with Crippen molar-refractivity contribution in [3.63, 3.8) is 0 Å². The van der Waals surface area contributed by atoms with E-state index < -0.39 is 0 Å². The van der Waals surface area contributed by atoms with Gasteiger partial charge < -0.3 is 10.0 Å². The topological polar surface area (TPSA) is 23.5 Å². The number of thiocarbonyl (C=S) groups is 1. The Hall–Kier alpha value is -0.570. The molecule has 0 aromatic heterocycles. The molecule has 15 heavy (non-hydrogen) atoms. The van der Waals surface area contributed by atoms with Crippen LogP contribution in [0.5, 0.6) is 0 Å². The smallest absolute Gasteiger partial charge is 0.257 e. The molecule has 0 atom stereocenters. The van der Waals surface area contributed by atoms with Crippen LogP contribution in [0.4, 0.5) is 0 Å². The molecular formula is C12H23NOS. The second-order valence-corrected chi connectivity index (χ2v) is 4.15. The number of aliphatic hydroxyl groups is 1. The minimum Gasteiger partial charge on any atom is -0.486 e. The second-order valence-electron chi connectivity index (χ2n) is 3.79. The average molecular weight is 229 g/mol. The van der Waals surface area contributed by atoms with Gasteiger partial charge in [0.1, 0.15) is 0 Å². The maximum atomic E-state index is 9.19. The van der Waals surface area contributed by atoms with Gasteiger partial charge in [0.15, 0.2) is 0 Å². The van der Waals surface area contributed by atoms with E-state index in [2.05, 4.69) is 13.5 Å². The largest absolute Gasteiger partial charge is 0.486 e. The number of hydrogen-bond acceptors (Lipinski definition) is 1. The lowest BCUT2D eigenvalue weighted by Crippen LogP contribution is -2.30. The summed E-state index contributed by atoms with van der Waals surface area (Å²) in [4.78, 5) is 1.78.